The largest absolute Gasteiger partial charge is 0.508 e. The number of hydrogen-bond acceptors (Lipinski definition) is 15. The molecule has 0 saturated carbocycles. The number of β-amino-alcohol motifs (C(OH)–C–C–N with tert-alkyl or cyclic N) is 1. The molecule has 4 fully saturated rings. The predicted molar refractivity (Wildman–Crippen MR) is 300 cm³/mol. The maximum Gasteiger partial charge on any atom is 0.319 e. The summed E-state index contributed by atoms with van der Waals surface area (Å²) in [7, 11) is 0. The number of phenolic OH excluding ortho intramolecular Hbond substituents is 1. The van der Waals surface area contributed by atoms with Crippen LogP contribution < -0.4 is 25.6 Å². The minimum atomic E-state index is -0.971. The van der Waals surface area contributed by atoms with Crippen molar-refractivity contribution in [1.82, 2.24) is 45.7 Å². The number of amides is 3. The van der Waals surface area contributed by atoms with E-state index in [4.69, 9.17) is 24.4 Å². The van der Waals surface area contributed by atoms with E-state index >= 15 is 4.39 Å². The molecule has 4 aliphatic heterocycles. The topological polar surface area (TPSA) is 208 Å². The highest BCUT2D eigenvalue weighted by molar-refractivity contribution is 7.13. The second kappa shape index (κ2) is 23.5. The van der Waals surface area contributed by atoms with Crippen LogP contribution in [0.1, 0.15) is 96.5 Å². The zero-order valence-electron chi connectivity index (χ0n) is 45.6. The van der Waals surface area contributed by atoms with E-state index in [1.807, 2.05) is 82.6 Å². The number of benzene rings is 3. The molecule has 5 N–H and O–H groups in total. The molecule has 6 atom stereocenters. The van der Waals surface area contributed by atoms with Gasteiger partial charge in [0, 0.05) is 56.4 Å². The van der Waals surface area contributed by atoms with E-state index in [0.29, 0.717) is 42.0 Å². The molecule has 3 aromatic heterocycles. The van der Waals surface area contributed by atoms with Gasteiger partial charge in [-0.1, -0.05) is 77.1 Å². The Hall–Kier alpha value is -6.38. The van der Waals surface area contributed by atoms with Gasteiger partial charge in [0.15, 0.2) is 5.82 Å². The monoisotopic (exact) mass is 1080 g/mol. The number of rotatable bonds is 18. The van der Waals surface area contributed by atoms with Crippen molar-refractivity contribution in [1.29, 1.82) is 0 Å². The van der Waals surface area contributed by atoms with Crippen molar-refractivity contribution >= 4 is 56.6 Å². The number of nitrogens with one attached hydrogen (secondary N) is 3. The second-order valence-electron chi connectivity index (χ2n) is 22.7. The average Bonchev–Trinajstić information content (AvgIpc) is 4.30. The number of anilines is 1. The van der Waals surface area contributed by atoms with Crippen LogP contribution in [-0.4, -0.2) is 147 Å². The Labute approximate surface area is 459 Å². The lowest BCUT2D eigenvalue weighted by Gasteiger charge is -2.35. The van der Waals surface area contributed by atoms with E-state index in [-0.39, 0.29) is 67.0 Å². The summed E-state index contributed by atoms with van der Waals surface area (Å²) in [6.07, 6.45) is 6.23. The van der Waals surface area contributed by atoms with Crippen molar-refractivity contribution in [3.05, 3.63) is 88.9 Å². The molecular formula is C59H73FN10O7S. The van der Waals surface area contributed by atoms with Gasteiger partial charge in [-0.05, 0) is 109 Å². The number of likely N-dealkylation sites (tertiary alicyclic amines) is 2. The number of halogens is 1. The zero-order chi connectivity index (χ0) is 54.8. The Morgan fingerprint density at radius 3 is 2.42 bits per heavy atom. The van der Waals surface area contributed by atoms with Gasteiger partial charge in [0.05, 0.1) is 40.2 Å². The number of thiazole rings is 1. The van der Waals surface area contributed by atoms with Gasteiger partial charge in [0.25, 0.3) is 0 Å². The van der Waals surface area contributed by atoms with Crippen LogP contribution >= 0.6 is 11.3 Å². The van der Waals surface area contributed by atoms with Gasteiger partial charge in [-0.3, -0.25) is 24.3 Å². The predicted octanol–water partition coefficient (Wildman–Crippen LogP) is 7.36. The molecule has 6 aromatic rings. The Bertz CT molecular complexity index is 3130. The van der Waals surface area contributed by atoms with Crippen LogP contribution in [0.2, 0.25) is 0 Å². The molecular weight excluding hydrogens is 1010 g/mol. The van der Waals surface area contributed by atoms with E-state index in [0.717, 1.165) is 103 Å². The maximum absolute atomic E-state index is 17.1. The molecule has 7 heterocycles. The molecule has 2 unspecified atom stereocenters. The fraction of sp³-hybridized carbons (Fsp3) is 0.508. The summed E-state index contributed by atoms with van der Waals surface area (Å²) in [5, 5.41) is 33.3. The fourth-order valence-corrected chi connectivity index (χ4v) is 12.7. The number of piperazine rings is 1. The minimum Gasteiger partial charge on any atom is -0.508 e. The van der Waals surface area contributed by atoms with Crippen molar-refractivity contribution in [3.63, 3.8) is 0 Å². The van der Waals surface area contributed by atoms with Crippen molar-refractivity contribution < 1.29 is 38.5 Å². The molecule has 4 aliphatic rings. The van der Waals surface area contributed by atoms with Crippen LogP contribution in [0.4, 0.5) is 10.2 Å². The van der Waals surface area contributed by atoms with Gasteiger partial charge in [0.2, 0.25) is 17.7 Å². The molecule has 4 saturated heterocycles. The lowest BCUT2D eigenvalue weighted by molar-refractivity contribution is -0.144. The Balaban J connectivity index is 0.720. The molecule has 10 rings (SSSR count). The number of carbonyl (C=O) groups excluding carboxylic acids is 3. The van der Waals surface area contributed by atoms with E-state index < -0.39 is 41.2 Å². The zero-order valence-corrected chi connectivity index (χ0v) is 46.4. The number of nitrogens with zero attached hydrogens (tertiary/aromatic N) is 7. The van der Waals surface area contributed by atoms with Crippen LogP contribution in [0.15, 0.2) is 66.3 Å². The van der Waals surface area contributed by atoms with Crippen LogP contribution in [-0.2, 0) is 32.0 Å². The highest BCUT2D eigenvalue weighted by Crippen LogP contribution is 2.39. The van der Waals surface area contributed by atoms with Crippen LogP contribution in [0.3, 0.4) is 0 Å². The molecule has 0 aliphatic carbocycles. The third-order valence-corrected chi connectivity index (χ3v) is 17.0. The van der Waals surface area contributed by atoms with Gasteiger partial charge in [-0.25, -0.2) is 9.37 Å². The first-order chi connectivity index (χ1) is 37.5. The number of carbonyl (C=O) groups is 3. The van der Waals surface area contributed by atoms with Crippen molar-refractivity contribution in [2.24, 2.45) is 11.3 Å². The number of aliphatic hydroxyl groups is 1. The van der Waals surface area contributed by atoms with E-state index in [1.54, 1.807) is 29.7 Å². The smallest absolute Gasteiger partial charge is 0.319 e. The van der Waals surface area contributed by atoms with Gasteiger partial charge in [-0.15, -0.1) is 11.3 Å². The summed E-state index contributed by atoms with van der Waals surface area (Å²) in [6.45, 7) is 15.6. The molecule has 0 radical (unpaired) electrons. The SMILES string of the molecule is CCc1ncsc1-c1ccc([C@H](C)NC(=O)[C@@H]2C[C@@H](O)CN2C(=O)[C@@H](NC(=O)COCC2CCN(CCOc3nc(N4CC5CCC(C4)N5)c4cnc(-c5cc(O)cc6cccc(CC)c56)c(F)c4n3)CC2)C(C)(C)C)cc1. The Morgan fingerprint density at radius 1 is 0.949 bits per heavy atom. The van der Waals surface area contributed by atoms with Gasteiger partial charge < -0.3 is 45.4 Å². The highest BCUT2D eigenvalue weighted by atomic mass is 32.1. The second-order valence-corrected chi connectivity index (χ2v) is 23.5. The molecule has 2 bridgehead atoms. The summed E-state index contributed by atoms with van der Waals surface area (Å²) in [4.78, 5) is 67.3. The summed E-state index contributed by atoms with van der Waals surface area (Å²) in [6, 6.07) is 15.6. The maximum atomic E-state index is 17.1. The number of fused-ring (bicyclic) bond motifs is 4. The fourth-order valence-electron chi connectivity index (χ4n) is 11.8. The highest BCUT2D eigenvalue weighted by Gasteiger charge is 2.45. The van der Waals surface area contributed by atoms with E-state index in [1.165, 1.54) is 4.90 Å². The number of piperidine rings is 1. The number of aromatic hydroxyl groups is 1. The van der Waals surface area contributed by atoms with Gasteiger partial charge in [-0.2, -0.15) is 9.97 Å². The van der Waals surface area contributed by atoms with Gasteiger partial charge >= 0.3 is 6.01 Å². The Morgan fingerprint density at radius 2 is 1.71 bits per heavy atom. The van der Waals surface area contributed by atoms with Crippen molar-refractivity contribution in [2.75, 3.05) is 64.0 Å². The lowest BCUT2D eigenvalue weighted by Crippen LogP contribution is -2.58. The number of pyridine rings is 1. The minimum absolute atomic E-state index is 0.0208. The number of hydrogen-bond donors (Lipinski definition) is 5. The number of phenols is 1. The van der Waals surface area contributed by atoms with Crippen molar-refractivity contribution in [3.8, 4) is 33.5 Å². The molecule has 0 spiro atoms. The first-order valence-electron chi connectivity index (χ1n) is 27.7. The molecule has 3 aromatic carbocycles. The summed E-state index contributed by atoms with van der Waals surface area (Å²) >= 11 is 1.60. The van der Waals surface area contributed by atoms with Crippen molar-refractivity contribution in [2.45, 2.75) is 123 Å². The molecule has 3 amide bonds. The standard InChI is InChI=1S/C59H73FN10O7S/c1-7-36-10-9-11-39-24-42(71)25-44(49(36)39)51-50(60)52-45(27-61-51)55(69-28-40-16-17-41(29-69)64-40)67-58(66-52)77-23-22-68-20-18-35(19-21-68)31-76-32-48(73)65-54(59(4,5)6)57(75)70-30-43(72)26-47(70)56(74)63-34(3)37-12-14-38(15-13-37)53-46(8-2)62-33-78-53/h9-15,24-25,27,33-35,40-41,43,47,54,64,71-72H,7-8,16-23,26,28-32H2,1-6H3,(H,63,74)(H,65,73)/t34-,40?,41?,43+,47-,54+/m0/s1. The first kappa shape index (κ1) is 55.0. The van der Waals surface area contributed by atoms with Crippen LogP contribution in [0, 0.1) is 17.2 Å². The molecule has 17 nitrogen and oxygen atoms in total. The third-order valence-electron chi connectivity index (χ3n) is 16.1. The normalized spacial score (nSPS) is 20.8. The summed E-state index contributed by atoms with van der Waals surface area (Å²) in [5.41, 5.74) is 5.90. The van der Waals surface area contributed by atoms with Gasteiger partial charge in [0.1, 0.15) is 48.1 Å². The number of aliphatic hydroxyl groups excluding tert-OH is 1. The lowest BCUT2D eigenvalue weighted by atomic mass is 9.85. The summed E-state index contributed by atoms with van der Waals surface area (Å²) < 4.78 is 29.3. The summed E-state index contributed by atoms with van der Waals surface area (Å²) in [5.74, 6) is -0.991. The van der Waals surface area contributed by atoms with E-state index in [2.05, 4.69) is 37.7 Å². The van der Waals surface area contributed by atoms with Crippen LogP contribution in [0.5, 0.6) is 11.8 Å². The number of aromatic nitrogens is 4. The number of ether oxygens (including phenoxy) is 2. The van der Waals surface area contributed by atoms with Crippen LogP contribution in [0.25, 0.3) is 43.4 Å². The third kappa shape index (κ3) is 12.0. The molecule has 78 heavy (non-hydrogen) atoms. The average molecular weight is 1090 g/mol. The molecule has 414 valence electrons. The van der Waals surface area contributed by atoms with E-state index in [9.17, 15) is 24.6 Å². The first-order valence-corrected chi connectivity index (χ1v) is 28.6. The Kier molecular flexibility index (Phi) is 16.6. The molecule has 19 heteroatoms. The quantitative estimate of drug-likeness (QED) is 0.0571. The number of aryl methyl sites for hydroxylation is 2.